The Kier molecular flexibility index (Phi) is 5.83. The molecule has 0 saturated carbocycles. The van der Waals surface area contributed by atoms with Crippen LogP contribution in [0, 0.1) is 12.8 Å². The Balaban J connectivity index is 1.98. The summed E-state index contributed by atoms with van der Waals surface area (Å²) in [4.78, 5) is 31.3. The van der Waals surface area contributed by atoms with E-state index in [-0.39, 0.29) is 5.56 Å². The maximum atomic E-state index is 13.4. The highest BCUT2D eigenvalue weighted by Gasteiger charge is 2.20. The van der Waals surface area contributed by atoms with Gasteiger partial charge in [-0.25, -0.2) is 14.3 Å². The van der Waals surface area contributed by atoms with Crippen LogP contribution in [-0.4, -0.2) is 18.7 Å². The topological polar surface area (TPSA) is 61.8 Å². The third kappa shape index (κ3) is 4.08. The predicted molar refractivity (Wildman–Crippen MR) is 124 cm³/mol. The molecule has 0 saturated heterocycles. The molecule has 0 spiro atoms. The van der Waals surface area contributed by atoms with E-state index in [2.05, 4.69) is 24.9 Å². The fraction of sp³-hybridized carbons (Fsp3) is 0.292. The standard InChI is InChI=1S/C24H25ClN4O2/c1-16(2)11-12-28-23(30)21-22(29(24(28)31)20-10-5-4-9-19(20)25)26-15-27(21)14-18-8-6-7-17(3)13-18/h4-10,13,15-16H,11-12,14H2,1-3H3. The Morgan fingerprint density at radius 3 is 2.55 bits per heavy atom. The summed E-state index contributed by atoms with van der Waals surface area (Å²) < 4.78 is 4.57. The second kappa shape index (κ2) is 8.55. The molecule has 0 N–H and O–H groups in total. The zero-order valence-electron chi connectivity index (χ0n) is 17.9. The third-order valence-electron chi connectivity index (χ3n) is 5.36. The molecule has 2 heterocycles. The number of para-hydroxylation sites is 1. The molecule has 6 nitrogen and oxygen atoms in total. The average molecular weight is 437 g/mol. The molecule has 4 aromatic rings. The van der Waals surface area contributed by atoms with Crippen molar-refractivity contribution in [2.45, 2.75) is 40.3 Å². The van der Waals surface area contributed by atoms with Crippen molar-refractivity contribution < 1.29 is 0 Å². The van der Waals surface area contributed by atoms with E-state index in [0.717, 1.165) is 17.5 Å². The summed E-state index contributed by atoms with van der Waals surface area (Å²) >= 11 is 6.42. The number of imidazole rings is 1. The van der Waals surface area contributed by atoms with E-state index in [1.807, 2.05) is 35.8 Å². The lowest BCUT2D eigenvalue weighted by molar-refractivity contribution is 0.491. The van der Waals surface area contributed by atoms with Gasteiger partial charge in [-0.2, -0.15) is 0 Å². The smallest absolute Gasteiger partial charge is 0.320 e. The van der Waals surface area contributed by atoms with Crippen molar-refractivity contribution in [3.63, 3.8) is 0 Å². The summed E-state index contributed by atoms with van der Waals surface area (Å²) in [5.74, 6) is 0.355. The van der Waals surface area contributed by atoms with E-state index >= 15 is 0 Å². The summed E-state index contributed by atoms with van der Waals surface area (Å²) in [7, 11) is 0. The van der Waals surface area contributed by atoms with Gasteiger partial charge in [-0.15, -0.1) is 0 Å². The largest absolute Gasteiger partial charge is 0.337 e. The van der Waals surface area contributed by atoms with Gasteiger partial charge in [0, 0.05) is 13.1 Å². The van der Waals surface area contributed by atoms with Gasteiger partial charge in [0.2, 0.25) is 0 Å². The van der Waals surface area contributed by atoms with E-state index in [0.29, 0.717) is 40.9 Å². The molecular formula is C24H25ClN4O2. The molecule has 160 valence electrons. The molecule has 0 radical (unpaired) electrons. The molecule has 4 rings (SSSR count). The molecule has 31 heavy (non-hydrogen) atoms. The third-order valence-corrected chi connectivity index (χ3v) is 5.68. The molecule has 0 amide bonds. The van der Waals surface area contributed by atoms with Gasteiger partial charge in [0.1, 0.15) is 0 Å². The summed E-state index contributed by atoms with van der Waals surface area (Å²) in [6, 6.07) is 15.2. The van der Waals surface area contributed by atoms with Crippen molar-refractivity contribution >= 4 is 22.8 Å². The quantitative estimate of drug-likeness (QED) is 0.450. The Labute approximate surface area is 185 Å². The summed E-state index contributed by atoms with van der Waals surface area (Å²) in [6.07, 6.45) is 2.34. The predicted octanol–water partition coefficient (Wildman–Crippen LogP) is 4.41. The van der Waals surface area contributed by atoms with Crippen LogP contribution < -0.4 is 11.2 Å². The van der Waals surface area contributed by atoms with E-state index in [4.69, 9.17) is 11.6 Å². The van der Waals surface area contributed by atoms with Crippen LogP contribution in [0.2, 0.25) is 5.02 Å². The lowest BCUT2D eigenvalue weighted by Crippen LogP contribution is -2.40. The highest BCUT2D eigenvalue weighted by molar-refractivity contribution is 6.32. The first-order valence-electron chi connectivity index (χ1n) is 10.4. The SMILES string of the molecule is Cc1cccc(Cn2cnc3c2c(=O)n(CCC(C)C)c(=O)n3-c2ccccc2Cl)c1. The van der Waals surface area contributed by atoms with Crippen LogP contribution >= 0.6 is 11.6 Å². The fourth-order valence-electron chi connectivity index (χ4n) is 3.74. The first kappa shape index (κ1) is 21.1. The highest BCUT2D eigenvalue weighted by atomic mass is 35.5. The van der Waals surface area contributed by atoms with E-state index in [1.54, 1.807) is 24.5 Å². The van der Waals surface area contributed by atoms with Crippen LogP contribution in [0.25, 0.3) is 16.9 Å². The minimum absolute atomic E-state index is 0.316. The molecule has 0 aliphatic heterocycles. The van der Waals surface area contributed by atoms with Crippen molar-refractivity contribution in [3.05, 3.63) is 91.8 Å². The number of hydrogen-bond acceptors (Lipinski definition) is 3. The molecule has 0 fully saturated rings. The Hall–Kier alpha value is -3.12. The van der Waals surface area contributed by atoms with Gasteiger partial charge < -0.3 is 4.57 Å². The molecular weight excluding hydrogens is 412 g/mol. The molecule has 0 unspecified atom stereocenters. The lowest BCUT2D eigenvalue weighted by Gasteiger charge is -2.14. The lowest BCUT2D eigenvalue weighted by atomic mass is 10.1. The van der Waals surface area contributed by atoms with Crippen molar-refractivity contribution in [1.82, 2.24) is 18.7 Å². The second-order valence-corrected chi connectivity index (χ2v) is 8.65. The van der Waals surface area contributed by atoms with Crippen molar-refractivity contribution in [1.29, 1.82) is 0 Å². The maximum absolute atomic E-state index is 13.4. The molecule has 2 aromatic carbocycles. The van der Waals surface area contributed by atoms with Gasteiger partial charge in [0.15, 0.2) is 11.2 Å². The molecule has 0 aliphatic rings. The van der Waals surface area contributed by atoms with E-state index in [1.165, 1.54) is 9.13 Å². The Morgan fingerprint density at radius 2 is 1.84 bits per heavy atom. The number of fused-ring (bicyclic) bond motifs is 1. The van der Waals surface area contributed by atoms with Crippen LogP contribution in [0.4, 0.5) is 0 Å². The zero-order valence-corrected chi connectivity index (χ0v) is 18.6. The van der Waals surface area contributed by atoms with E-state index < -0.39 is 5.69 Å². The van der Waals surface area contributed by atoms with E-state index in [9.17, 15) is 9.59 Å². The van der Waals surface area contributed by atoms with Gasteiger partial charge in [0.05, 0.1) is 17.0 Å². The Morgan fingerprint density at radius 1 is 1.06 bits per heavy atom. The number of halogens is 1. The molecule has 0 aliphatic carbocycles. The van der Waals surface area contributed by atoms with Crippen LogP contribution in [0.1, 0.15) is 31.4 Å². The van der Waals surface area contributed by atoms with Gasteiger partial charge in [-0.3, -0.25) is 9.36 Å². The van der Waals surface area contributed by atoms with Crippen molar-refractivity contribution in [3.8, 4) is 5.69 Å². The molecule has 7 heteroatoms. The number of benzene rings is 2. The van der Waals surface area contributed by atoms with Gasteiger partial charge >= 0.3 is 5.69 Å². The van der Waals surface area contributed by atoms with Crippen LogP contribution in [0.3, 0.4) is 0 Å². The molecule has 0 bridgehead atoms. The highest BCUT2D eigenvalue weighted by Crippen LogP contribution is 2.21. The zero-order chi connectivity index (χ0) is 22.1. The minimum Gasteiger partial charge on any atom is -0.320 e. The maximum Gasteiger partial charge on any atom is 0.337 e. The number of nitrogens with zero attached hydrogens (tertiary/aromatic N) is 4. The number of rotatable bonds is 6. The first-order chi connectivity index (χ1) is 14.9. The molecule has 2 aromatic heterocycles. The minimum atomic E-state index is -0.424. The number of aromatic nitrogens is 4. The van der Waals surface area contributed by atoms with Crippen molar-refractivity contribution in [2.24, 2.45) is 5.92 Å². The normalized spacial score (nSPS) is 11.5. The van der Waals surface area contributed by atoms with Crippen LogP contribution in [0.15, 0.2) is 64.4 Å². The van der Waals surface area contributed by atoms with Crippen molar-refractivity contribution in [2.75, 3.05) is 0 Å². The van der Waals surface area contributed by atoms with Crippen LogP contribution in [0.5, 0.6) is 0 Å². The summed E-state index contributed by atoms with van der Waals surface area (Å²) in [6.45, 7) is 6.99. The van der Waals surface area contributed by atoms with Gasteiger partial charge in [-0.1, -0.05) is 67.4 Å². The average Bonchev–Trinajstić information content (AvgIpc) is 3.12. The number of hydrogen-bond donors (Lipinski definition) is 0. The first-order valence-corrected chi connectivity index (χ1v) is 10.8. The number of aryl methyl sites for hydroxylation is 1. The van der Waals surface area contributed by atoms with Gasteiger partial charge in [0.25, 0.3) is 5.56 Å². The van der Waals surface area contributed by atoms with Crippen LogP contribution in [-0.2, 0) is 13.1 Å². The van der Waals surface area contributed by atoms with Gasteiger partial charge in [-0.05, 0) is 37.0 Å². The Bertz CT molecular complexity index is 1360. The summed E-state index contributed by atoms with van der Waals surface area (Å²) in [5.41, 5.74) is 2.67. The fourth-order valence-corrected chi connectivity index (χ4v) is 3.96. The second-order valence-electron chi connectivity index (χ2n) is 8.24. The monoisotopic (exact) mass is 436 g/mol. The summed E-state index contributed by atoms with van der Waals surface area (Å²) in [5, 5.41) is 0.424. The molecule has 0 atom stereocenters.